The minimum absolute atomic E-state index is 0.165. The average molecular weight is 428 g/mol. The summed E-state index contributed by atoms with van der Waals surface area (Å²) in [5.41, 5.74) is 4.17. The van der Waals surface area contributed by atoms with Crippen LogP contribution in [0.15, 0.2) is 66.9 Å². The molecule has 5 heteroatoms. The Morgan fingerprint density at radius 1 is 0.969 bits per heavy atom. The number of hydrogen-bond donors (Lipinski definition) is 0. The summed E-state index contributed by atoms with van der Waals surface area (Å²) in [4.78, 5) is 13.0. The second kappa shape index (κ2) is 9.02. The molecule has 0 bridgehead atoms. The Morgan fingerprint density at radius 2 is 1.75 bits per heavy atom. The summed E-state index contributed by atoms with van der Waals surface area (Å²) in [6.45, 7) is 6.05. The van der Waals surface area contributed by atoms with Crippen LogP contribution in [0.4, 0.5) is 0 Å². The number of allylic oxidation sites excluding steroid dienone is 1. The zero-order chi connectivity index (χ0) is 22.7. The van der Waals surface area contributed by atoms with Crippen molar-refractivity contribution in [2.24, 2.45) is 0 Å². The summed E-state index contributed by atoms with van der Waals surface area (Å²) in [6.07, 6.45) is 3.48. The normalized spacial score (nSPS) is 13.5. The quantitative estimate of drug-likeness (QED) is 0.442. The molecule has 4 rings (SSSR count). The Balaban J connectivity index is 1.56. The molecule has 1 aliphatic rings. The maximum atomic E-state index is 13.0. The first-order chi connectivity index (χ1) is 15.5. The Bertz CT molecular complexity index is 1210. The summed E-state index contributed by atoms with van der Waals surface area (Å²) in [5.74, 6) is 2.47. The smallest absolute Gasteiger partial charge is 0.232 e. The summed E-state index contributed by atoms with van der Waals surface area (Å²) in [5, 5.41) is 0. The van der Waals surface area contributed by atoms with Crippen LogP contribution >= 0.6 is 0 Å². The number of Topliss-reactive ketones (excluding diaryl/α,β-unsaturated/α-hetero) is 1. The first-order valence-corrected chi connectivity index (χ1v) is 10.2. The number of benzene rings is 3. The van der Waals surface area contributed by atoms with E-state index in [2.05, 4.69) is 6.58 Å². The molecule has 3 aromatic rings. The van der Waals surface area contributed by atoms with Gasteiger partial charge < -0.3 is 18.9 Å². The molecule has 0 amide bonds. The third-order valence-corrected chi connectivity index (χ3v) is 5.29. The van der Waals surface area contributed by atoms with Crippen molar-refractivity contribution in [1.29, 1.82) is 0 Å². The summed E-state index contributed by atoms with van der Waals surface area (Å²) in [7, 11) is 3.16. The Morgan fingerprint density at radius 3 is 2.44 bits per heavy atom. The lowest BCUT2D eigenvalue weighted by atomic mass is 10.0. The fraction of sp³-hybridized carbons (Fsp3) is 0.148. The Hall–Kier alpha value is -3.99. The first kappa shape index (κ1) is 21.2. The van der Waals surface area contributed by atoms with Crippen LogP contribution < -0.4 is 18.9 Å². The fourth-order valence-corrected chi connectivity index (χ4v) is 3.56. The van der Waals surface area contributed by atoms with E-state index in [0.717, 1.165) is 22.3 Å². The van der Waals surface area contributed by atoms with E-state index in [-0.39, 0.29) is 11.5 Å². The van der Waals surface area contributed by atoms with Crippen molar-refractivity contribution >= 4 is 17.9 Å². The minimum atomic E-state index is -0.165. The molecule has 1 heterocycles. The highest BCUT2D eigenvalue weighted by Gasteiger charge is 2.30. The van der Waals surface area contributed by atoms with E-state index >= 15 is 0 Å². The molecule has 162 valence electrons. The van der Waals surface area contributed by atoms with Gasteiger partial charge in [0.1, 0.15) is 29.6 Å². The van der Waals surface area contributed by atoms with Gasteiger partial charge in [0.05, 0.1) is 19.8 Å². The van der Waals surface area contributed by atoms with E-state index in [4.69, 9.17) is 18.9 Å². The van der Waals surface area contributed by atoms with Crippen LogP contribution in [0.3, 0.4) is 0 Å². The average Bonchev–Trinajstić information content (AvgIpc) is 3.13. The monoisotopic (exact) mass is 428 g/mol. The van der Waals surface area contributed by atoms with Gasteiger partial charge in [0, 0.05) is 17.7 Å². The lowest BCUT2D eigenvalue weighted by Crippen LogP contribution is -2.00. The second-order valence-electron chi connectivity index (χ2n) is 7.40. The number of aryl methyl sites for hydroxylation is 1. The molecule has 0 radical (unpaired) electrons. The van der Waals surface area contributed by atoms with E-state index in [1.165, 1.54) is 0 Å². The van der Waals surface area contributed by atoms with Crippen LogP contribution in [-0.4, -0.2) is 20.0 Å². The van der Waals surface area contributed by atoms with Gasteiger partial charge in [0.15, 0.2) is 5.76 Å². The van der Waals surface area contributed by atoms with Gasteiger partial charge in [-0.1, -0.05) is 36.9 Å². The van der Waals surface area contributed by atoms with E-state index in [1.807, 2.05) is 43.3 Å². The van der Waals surface area contributed by atoms with Crippen molar-refractivity contribution in [2.45, 2.75) is 13.5 Å². The highest BCUT2D eigenvalue weighted by Crippen LogP contribution is 2.38. The standard InChI is InChI=1S/C27H24O5/c1-5-18-6-8-19(9-7-18)16-31-22-12-17(2)26-24(15-22)32-25(27(26)28)13-20-10-11-21(29-3)14-23(20)30-4/h5-15H,1,16H2,2-4H3/b25-13-. The zero-order valence-electron chi connectivity index (χ0n) is 18.3. The molecule has 32 heavy (non-hydrogen) atoms. The second-order valence-corrected chi connectivity index (χ2v) is 7.40. The number of carbonyl (C=O) groups is 1. The number of fused-ring (bicyclic) bond motifs is 1. The van der Waals surface area contributed by atoms with Gasteiger partial charge in [0.25, 0.3) is 0 Å². The van der Waals surface area contributed by atoms with Gasteiger partial charge in [-0.3, -0.25) is 4.79 Å². The minimum Gasteiger partial charge on any atom is -0.497 e. The van der Waals surface area contributed by atoms with Gasteiger partial charge in [-0.2, -0.15) is 0 Å². The molecule has 0 unspecified atom stereocenters. The molecular weight excluding hydrogens is 404 g/mol. The number of hydrogen-bond acceptors (Lipinski definition) is 5. The highest BCUT2D eigenvalue weighted by atomic mass is 16.5. The molecule has 3 aromatic carbocycles. The molecular formula is C27H24O5. The molecule has 0 aliphatic carbocycles. The van der Waals surface area contributed by atoms with Crippen LogP contribution in [0.1, 0.15) is 32.6 Å². The van der Waals surface area contributed by atoms with Gasteiger partial charge in [-0.15, -0.1) is 0 Å². The number of ketones is 1. The van der Waals surface area contributed by atoms with E-state index < -0.39 is 0 Å². The number of carbonyl (C=O) groups excluding carboxylic acids is 1. The summed E-state index contributed by atoms with van der Waals surface area (Å²) >= 11 is 0. The number of rotatable bonds is 7. The number of methoxy groups -OCH3 is 2. The highest BCUT2D eigenvalue weighted by molar-refractivity contribution is 6.15. The van der Waals surface area contributed by atoms with Crippen molar-refractivity contribution in [3.05, 3.63) is 94.8 Å². The zero-order valence-corrected chi connectivity index (χ0v) is 18.3. The van der Waals surface area contributed by atoms with Crippen molar-refractivity contribution < 1.29 is 23.7 Å². The Labute approximate surface area is 187 Å². The van der Waals surface area contributed by atoms with Gasteiger partial charge in [0.2, 0.25) is 5.78 Å². The fourth-order valence-electron chi connectivity index (χ4n) is 3.56. The Kier molecular flexibility index (Phi) is 5.99. The lowest BCUT2D eigenvalue weighted by molar-refractivity contribution is 0.101. The lowest BCUT2D eigenvalue weighted by Gasteiger charge is -2.09. The molecule has 0 saturated heterocycles. The molecule has 0 N–H and O–H groups in total. The van der Waals surface area contributed by atoms with Crippen LogP contribution in [0.2, 0.25) is 0 Å². The third-order valence-electron chi connectivity index (χ3n) is 5.29. The molecule has 0 saturated carbocycles. The predicted molar refractivity (Wildman–Crippen MR) is 125 cm³/mol. The van der Waals surface area contributed by atoms with Crippen molar-refractivity contribution in [2.75, 3.05) is 14.2 Å². The third kappa shape index (κ3) is 4.23. The largest absolute Gasteiger partial charge is 0.497 e. The van der Waals surface area contributed by atoms with Crippen LogP contribution in [0.5, 0.6) is 23.0 Å². The SMILES string of the molecule is C=Cc1ccc(COc2cc(C)c3c(c2)O/C(=C\c2ccc(OC)cc2OC)C3=O)cc1. The van der Waals surface area contributed by atoms with Crippen molar-refractivity contribution in [3.63, 3.8) is 0 Å². The summed E-state index contributed by atoms with van der Waals surface area (Å²) < 4.78 is 22.5. The van der Waals surface area contributed by atoms with Gasteiger partial charge in [-0.25, -0.2) is 0 Å². The van der Waals surface area contributed by atoms with E-state index in [1.54, 1.807) is 44.6 Å². The number of ether oxygens (including phenoxy) is 4. The van der Waals surface area contributed by atoms with Crippen molar-refractivity contribution in [1.82, 2.24) is 0 Å². The van der Waals surface area contributed by atoms with Crippen LogP contribution in [0, 0.1) is 6.92 Å². The molecule has 0 spiro atoms. The van der Waals surface area contributed by atoms with Gasteiger partial charge in [-0.05, 0) is 47.9 Å². The van der Waals surface area contributed by atoms with E-state index in [9.17, 15) is 4.79 Å². The molecule has 1 aliphatic heterocycles. The van der Waals surface area contributed by atoms with Crippen molar-refractivity contribution in [3.8, 4) is 23.0 Å². The van der Waals surface area contributed by atoms with Gasteiger partial charge >= 0.3 is 0 Å². The maximum absolute atomic E-state index is 13.0. The van der Waals surface area contributed by atoms with Crippen LogP contribution in [0.25, 0.3) is 12.2 Å². The predicted octanol–water partition coefficient (Wildman–Crippen LogP) is 5.85. The molecule has 5 nitrogen and oxygen atoms in total. The molecule has 0 fully saturated rings. The topological polar surface area (TPSA) is 54.0 Å². The first-order valence-electron chi connectivity index (χ1n) is 10.2. The molecule has 0 atom stereocenters. The summed E-state index contributed by atoms with van der Waals surface area (Å²) in [6, 6.07) is 17.0. The molecule has 0 aromatic heterocycles. The van der Waals surface area contributed by atoms with E-state index in [0.29, 0.717) is 35.2 Å². The van der Waals surface area contributed by atoms with Crippen LogP contribution in [-0.2, 0) is 6.61 Å². The maximum Gasteiger partial charge on any atom is 0.232 e.